The molecule has 1 aliphatic rings. The monoisotopic (exact) mass is 292 g/mol. The molecule has 1 fully saturated rings. The molecule has 0 spiro atoms. The molecule has 0 aliphatic heterocycles. The van der Waals surface area contributed by atoms with E-state index in [0.717, 1.165) is 18.6 Å². The van der Waals surface area contributed by atoms with E-state index in [1.165, 1.54) is 18.6 Å². The molecule has 0 bridgehead atoms. The number of para-hydroxylation sites is 1. The Morgan fingerprint density at radius 1 is 1.33 bits per heavy atom. The van der Waals surface area contributed by atoms with E-state index in [-0.39, 0.29) is 18.3 Å². The summed E-state index contributed by atoms with van der Waals surface area (Å²) < 4.78 is 18.5. The van der Waals surface area contributed by atoms with Crippen LogP contribution in [-0.2, 0) is 4.79 Å². The quantitative estimate of drug-likeness (QED) is 0.867. The van der Waals surface area contributed by atoms with Crippen LogP contribution in [0.4, 0.5) is 4.39 Å². The number of nitrogens with one attached hydrogen (secondary N) is 1. The van der Waals surface area contributed by atoms with Crippen molar-refractivity contribution in [2.45, 2.75) is 33.1 Å². The van der Waals surface area contributed by atoms with Gasteiger partial charge in [-0.25, -0.2) is 9.82 Å². The molecule has 0 heterocycles. The van der Waals surface area contributed by atoms with Gasteiger partial charge < -0.3 is 4.74 Å². The van der Waals surface area contributed by atoms with Gasteiger partial charge in [0, 0.05) is 5.71 Å². The van der Waals surface area contributed by atoms with Crippen LogP contribution in [0.3, 0.4) is 0 Å². The van der Waals surface area contributed by atoms with Crippen molar-refractivity contribution < 1.29 is 13.9 Å². The molecule has 1 amide bonds. The number of amides is 1. The Morgan fingerprint density at radius 3 is 2.67 bits per heavy atom. The number of halogens is 1. The van der Waals surface area contributed by atoms with Crippen molar-refractivity contribution in [3.05, 3.63) is 30.1 Å². The summed E-state index contributed by atoms with van der Waals surface area (Å²) in [6.07, 6.45) is 3.40. The zero-order chi connectivity index (χ0) is 15.2. The Kier molecular flexibility index (Phi) is 5.31. The number of carbonyl (C=O) groups is 1. The first-order valence-electron chi connectivity index (χ1n) is 7.31. The molecule has 114 valence electrons. The zero-order valence-electron chi connectivity index (χ0n) is 12.4. The van der Waals surface area contributed by atoms with Gasteiger partial charge in [0.25, 0.3) is 5.91 Å². The van der Waals surface area contributed by atoms with Gasteiger partial charge in [-0.15, -0.1) is 0 Å². The molecule has 0 saturated heterocycles. The van der Waals surface area contributed by atoms with E-state index in [9.17, 15) is 9.18 Å². The van der Waals surface area contributed by atoms with Crippen LogP contribution >= 0.6 is 0 Å². The van der Waals surface area contributed by atoms with Crippen molar-refractivity contribution in [1.82, 2.24) is 5.43 Å². The van der Waals surface area contributed by atoms with Gasteiger partial charge in [0.15, 0.2) is 18.2 Å². The fourth-order valence-electron chi connectivity index (χ4n) is 2.60. The van der Waals surface area contributed by atoms with Crippen LogP contribution in [0.2, 0.25) is 0 Å². The van der Waals surface area contributed by atoms with Gasteiger partial charge >= 0.3 is 0 Å². The van der Waals surface area contributed by atoms with Crippen molar-refractivity contribution >= 4 is 11.6 Å². The second-order valence-electron chi connectivity index (χ2n) is 5.52. The number of hydrogen-bond donors (Lipinski definition) is 1. The summed E-state index contributed by atoms with van der Waals surface area (Å²) in [7, 11) is 0. The van der Waals surface area contributed by atoms with Crippen LogP contribution in [0, 0.1) is 17.7 Å². The number of ether oxygens (including phenoxy) is 1. The second kappa shape index (κ2) is 7.20. The van der Waals surface area contributed by atoms with Crippen LogP contribution in [0.25, 0.3) is 0 Å². The van der Waals surface area contributed by atoms with Crippen molar-refractivity contribution in [2.75, 3.05) is 6.61 Å². The average molecular weight is 292 g/mol. The van der Waals surface area contributed by atoms with E-state index in [2.05, 4.69) is 24.4 Å². The predicted octanol–water partition coefficient (Wildman–Crippen LogP) is 3.13. The standard InChI is InChI=1S/C16H21FN2O2/c1-11-6-5-7-12(2)16(11)19-18-15(20)10-21-14-9-4-3-8-13(14)17/h3-4,8-9,11-12H,5-7,10H2,1-2H3,(H,18,20)/t11-,12-/m1/s1. The fourth-order valence-corrected chi connectivity index (χ4v) is 2.60. The molecule has 1 aromatic carbocycles. The smallest absolute Gasteiger partial charge is 0.277 e. The highest BCUT2D eigenvalue weighted by atomic mass is 19.1. The minimum Gasteiger partial charge on any atom is -0.481 e. The highest BCUT2D eigenvalue weighted by Gasteiger charge is 2.23. The van der Waals surface area contributed by atoms with Gasteiger partial charge in [-0.2, -0.15) is 5.10 Å². The van der Waals surface area contributed by atoms with Crippen LogP contribution in [0.1, 0.15) is 33.1 Å². The van der Waals surface area contributed by atoms with Gasteiger partial charge in [0.2, 0.25) is 0 Å². The highest BCUT2D eigenvalue weighted by molar-refractivity contribution is 5.90. The summed E-state index contributed by atoms with van der Waals surface area (Å²) in [5.41, 5.74) is 3.53. The number of nitrogens with zero attached hydrogens (tertiary/aromatic N) is 1. The Balaban J connectivity index is 1.86. The Labute approximate surface area is 124 Å². The molecule has 5 heteroatoms. The summed E-state index contributed by atoms with van der Waals surface area (Å²) in [5, 5.41) is 4.22. The molecule has 2 atom stereocenters. The van der Waals surface area contributed by atoms with Crippen molar-refractivity contribution in [3.8, 4) is 5.75 Å². The van der Waals surface area contributed by atoms with Gasteiger partial charge in [-0.05, 0) is 36.8 Å². The van der Waals surface area contributed by atoms with Crippen LogP contribution < -0.4 is 10.2 Å². The van der Waals surface area contributed by atoms with Crippen molar-refractivity contribution in [3.63, 3.8) is 0 Å². The normalized spacial score (nSPS) is 21.8. The summed E-state index contributed by atoms with van der Waals surface area (Å²) >= 11 is 0. The molecule has 4 nitrogen and oxygen atoms in total. The number of hydrazone groups is 1. The maximum atomic E-state index is 13.3. The van der Waals surface area contributed by atoms with Crippen molar-refractivity contribution in [2.24, 2.45) is 16.9 Å². The van der Waals surface area contributed by atoms with Crippen LogP contribution in [0.5, 0.6) is 5.75 Å². The number of rotatable bonds is 4. The minimum absolute atomic E-state index is 0.0692. The summed E-state index contributed by atoms with van der Waals surface area (Å²) in [4.78, 5) is 11.7. The minimum atomic E-state index is -0.480. The molecule has 0 unspecified atom stereocenters. The lowest BCUT2D eigenvalue weighted by atomic mass is 9.81. The lowest BCUT2D eigenvalue weighted by molar-refractivity contribution is -0.123. The molecule has 1 aromatic rings. The third kappa shape index (κ3) is 4.28. The van der Waals surface area contributed by atoms with Crippen LogP contribution in [0.15, 0.2) is 29.4 Å². The SMILES string of the molecule is C[C@@H]1CCC[C@@H](C)C1=NNC(=O)COc1ccccc1F. The average Bonchev–Trinajstić information content (AvgIpc) is 2.46. The number of carbonyl (C=O) groups excluding carboxylic acids is 1. The number of benzene rings is 1. The first-order chi connectivity index (χ1) is 10.1. The van der Waals surface area contributed by atoms with Gasteiger partial charge in [-0.1, -0.05) is 32.4 Å². The van der Waals surface area contributed by atoms with Gasteiger partial charge in [0.1, 0.15) is 0 Å². The molecule has 1 saturated carbocycles. The van der Waals surface area contributed by atoms with E-state index >= 15 is 0 Å². The number of hydrogen-bond acceptors (Lipinski definition) is 3. The Morgan fingerprint density at radius 2 is 2.00 bits per heavy atom. The summed E-state index contributed by atoms with van der Waals surface area (Å²) in [5.74, 6) is -0.00959. The van der Waals surface area contributed by atoms with Crippen molar-refractivity contribution in [1.29, 1.82) is 0 Å². The van der Waals surface area contributed by atoms with E-state index in [1.807, 2.05) is 0 Å². The first kappa shape index (κ1) is 15.5. The van der Waals surface area contributed by atoms with E-state index in [1.54, 1.807) is 12.1 Å². The fraction of sp³-hybridized carbons (Fsp3) is 0.500. The molecule has 1 N–H and O–H groups in total. The maximum absolute atomic E-state index is 13.3. The molecule has 2 rings (SSSR count). The lowest BCUT2D eigenvalue weighted by Gasteiger charge is -2.26. The first-order valence-corrected chi connectivity index (χ1v) is 7.31. The zero-order valence-corrected chi connectivity index (χ0v) is 12.4. The molecule has 21 heavy (non-hydrogen) atoms. The lowest BCUT2D eigenvalue weighted by Crippen LogP contribution is -2.31. The molecule has 0 aromatic heterocycles. The molecule has 1 aliphatic carbocycles. The maximum Gasteiger partial charge on any atom is 0.277 e. The summed E-state index contributed by atoms with van der Waals surface area (Å²) in [6, 6.07) is 6.00. The second-order valence-corrected chi connectivity index (χ2v) is 5.52. The Hall–Kier alpha value is -1.91. The van der Waals surface area contributed by atoms with Crippen LogP contribution in [-0.4, -0.2) is 18.2 Å². The predicted molar refractivity (Wildman–Crippen MR) is 79.7 cm³/mol. The summed E-state index contributed by atoms with van der Waals surface area (Å²) in [6.45, 7) is 3.99. The molecular formula is C16H21FN2O2. The molecule has 0 radical (unpaired) electrons. The van der Waals surface area contributed by atoms with E-state index in [4.69, 9.17) is 4.74 Å². The largest absolute Gasteiger partial charge is 0.481 e. The van der Waals surface area contributed by atoms with Gasteiger partial charge in [0.05, 0.1) is 0 Å². The van der Waals surface area contributed by atoms with Gasteiger partial charge in [-0.3, -0.25) is 4.79 Å². The third-order valence-corrected chi connectivity index (χ3v) is 3.79. The third-order valence-electron chi connectivity index (χ3n) is 3.79. The topological polar surface area (TPSA) is 50.7 Å². The van der Waals surface area contributed by atoms with E-state index < -0.39 is 5.82 Å². The van der Waals surface area contributed by atoms with E-state index in [0.29, 0.717) is 11.8 Å². The highest BCUT2D eigenvalue weighted by Crippen LogP contribution is 2.25. The molecular weight excluding hydrogens is 271 g/mol. The Bertz CT molecular complexity index is 519.